The van der Waals surface area contributed by atoms with Gasteiger partial charge in [-0.1, -0.05) is 25.4 Å². The fourth-order valence-electron chi connectivity index (χ4n) is 5.12. The summed E-state index contributed by atoms with van der Waals surface area (Å²) in [5.74, 6) is 0.385. The number of nitrogens with one attached hydrogen (secondary N) is 1. The molecule has 0 bridgehead atoms. The third-order valence-electron chi connectivity index (χ3n) is 6.48. The Morgan fingerprint density at radius 2 is 2.00 bits per heavy atom. The van der Waals surface area contributed by atoms with Gasteiger partial charge in [-0.15, -0.1) is 11.3 Å². The Kier molecular flexibility index (Phi) is 6.89. The molecule has 2 N–H and O–H groups in total. The lowest BCUT2D eigenvalue weighted by Crippen LogP contribution is -2.55. The number of halogens is 1. The predicted octanol–water partition coefficient (Wildman–Crippen LogP) is 4.69. The molecule has 4 rings (SSSR count). The second kappa shape index (κ2) is 9.46. The van der Waals surface area contributed by atoms with Crippen LogP contribution in [0.3, 0.4) is 0 Å². The normalized spacial score (nSPS) is 18.9. The maximum absolute atomic E-state index is 13.2. The molecule has 0 spiro atoms. The molecular formula is C24H32ClN5O4S. The largest absolute Gasteiger partial charge is 0.465 e. The molecule has 0 saturated heterocycles. The number of carbonyl (C=O) groups excluding carboxylic acids is 1. The zero-order valence-corrected chi connectivity index (χ0v) is 22.2. The molecule has 35 heavy (non-hydrogen) atoms. The highest BCUT2D eigenvalue weighted by Crippen LogP contribution is 2.33. The zero-order valence-electron chi connectivity index (χ0n) is 20.7. The second-order valence-electron chi connectivity index (χ2n) is 10.5. The van der Waals surface area contributed by atoms with Crippen LogP contribution in [-0.4, -0.2) is 53.8 Å². The van der Waals surface area contributed by atoms with Crippen LogP contribution in [-0.2, 0) is 11.3 Å². The van der Waals surface area contributed by atoms with E-state index in [0.717, 1.165) is 29.5 Å². The lowest BCUT2D eigenvalue weighted by molar-refractivity contribution is -0.123. The molecule has 3 aromatic rings. The fraction of sp³-hybridized carbons (Fsp3) is 0.583. The minimum atomic E-state index is -0.951. The van der Waals surface area contributed by atoms with Crippen molar-refractivity contribution in [2.24, 2.45) is 0 Å². The lowest BCUT2D eigenvalue weighted by Gasteiger charge is -2.43. The van der Waals surface area contributed by atoms with Crippen molar-refractivity contribution in [2.75, 3.05) is 0 Å². The van der Waals surface area contributed by atoms with Crippen molar-refractivity contribution in [1.29, 1.82) is 0 Å². The maximum Gasteiger partial charge on any atom is 0.407 e. The second-order valence-corrected chi connectivity index (χ2v) is 12.3. The third-order valence-corrected chi connectivity index (χ3v) is 7.68. The van der Waals surface area contributed by atoms with Gasteiger partial charge in [-0.2, -0.15) is 5.10 Å². The monoisotopic (exact) mass is 521 g/mol. The van der Waals surface area contributed by atoms with Gasteiger partial charge < -0.3 is 15.3 Å². The number of thiophene rings is 1. The summed E-state index contributed by atoms with van der Waals surface area (Å²) in [6.45, 7) is 9.42. The average molecular weight is 522 g/mol. The van der Waals surface area contributed by atoms with Crippen LogP contribution in [0.2, 0.25) is 4.34 Å². The van der Waals surface area contributed by atoms with Gasteiger partial charge >= 0.3 is 6.09 Å². The van der Waals surface area contributed by atoms with E-state index in [9.17, 15) is 19.5 Å². The number of rotatable bonds is 5. The summed E-state index contributed by atoms with van der Waals surface area (Å²) in [6, 6.07) is 3.30. The SMILES string of the molecule is CC(C)c1nn(CC(=O)N[C@H]2CCC[C@@H](N(C(=O)O)C(C)(C)C)C2)c(=O)c2cc3sc(Cl)cc3n12. The molecule has 2 atom stereocenters. The van der Waals surface area contributed by atoms with Gasteiger partial charge in [0.1, 0.15) is 17.9 Å². The summed E-state index contributed by atoms with van der Waals surface area (Å²) >= 11 is 7.57. The van der Waals surface area contributed by atoms with Gasteiger partial charge in [0.25, 0.3) is 5.56 Å². The van der Waals surface area contributed by atoms with E-state index >= 15 is 0 Å². The Morgan fingerprint density at radius 3 is 2.63 bits per heavy atom. The van der Waals surface area contributed by atoms with Gasteiger partial charge in [0.05, 0.1) is 14.6 Å². The van der Waals surface area contributed by atoms with E-state index in [1.807, 2.05) is 45.1 Å². The quantitative estimate of drug-likeness (QED) is 0.506. The topological polar surface area (TPSA) is 109 Å². The summed E-state index contributed by atoms with van der Waals surface area (Å²) in [5, 5.41) is 17.3. The first-order chi connectivity index (χ1) is 16.4. The van der Waals surface area contributed by atoms with Gasteiger partial charge in [0.15, 0.2) is 0 Å². The van der Waals surface area contributed by atoms with Crippen molar-refractivity contribution in [2.45, 2.75) is 90.4 Å². The number of carboxylic acid groups (broad SMARTS) is 1. The van der Waals surface area contributed by atoms with Crippen molar-refractivity contribution in [3.8, 4) is 0 Å². The van der Waals surface area contributed by atoms with Gasteiger partial charge in [-0.3, -0.25) is 14.0 Å². The lowest BCUT2D eigenvalue weighted by atomic mass is 9.87. The first-order valence-corrected chi connectivity index (χ1v) is 13.1. The minimum absolute atomic E-state index is 0.0141. The molecule has 1 aliphatic carbocycles. The standard InChI is InChI=1S/C24H32ClN5O4S/c1-13(2)21-27-28(22(32)17-10-18-16(29(17)21)11-19(25)35-18)12-20(31)26-14-7-6-8-15(9-14)30(23(33)34)24(3,4)5/h10-11,13-15H,6-9,12H2,1-5H3,(H,26,31)(H,33,34)/t14-,15+/m0/s1. The third kappa shape index (κ3) is 5.04. The molecule has 9 nitrogen and oxygen atoms in total. The molecular weight excluding hydrogens is 490 g/mol. The Morgan fingerprint density at radius 1 is 1.29 bits per heavy atom. The highest BCUT2D eigenvalue weighted by atomic mass is 35.5. The van der Waals surface area contributed by atoms with Crippen LogP contribution in [0.4, 0.5) is 4.79 Å². The minimum Gasteiger partial charge on any atom is -0.465 e. The summed E-state index contributed by atoms with van der Waals surface area (Å²) in [7, 11) is 0. The van der Waals surface area contributed by atoms with Crippen molar-refractivity contribution < 1.29 is 14.7 Å². The van der Waals surface area contributed by atoms with E-state index in [0.29, 0.717) is 22.1 Å². The van der Waals surface area contributed by atoms with E-state index in [-0.39, 0.29) is 36.0 Å². The number of carbonyl (C=O) groups is 2. The van der Waals surface area contributed by atoms with Crippen LogP contribution >= 0.6 is 22.9 Å². The van der Waals surface area contributed by atoms with Gasteiger partial charge in [0, 0.05) is 23.5 Å². The summed E-state index contributed by atoms with van der Waals surface area (Å²) in [4.78, 5) is 39.6. The number of amides is 2. The maximum atomic E-state index is 13.2. The number of hydrogen-bond acceptors (Lipinski definition) is 5. The zero-order chi connectivity index (χ0) is 25.7. The fourth-order valence-corrected chi connectivity index (χ4v) is 6.28. The number of aromatic nitrogens is 3. The van der Waals surface area contributed by atoms with Crippen molar-refractivity contribution in [3.05, 3.63) is 32.6 Å². The molecule has 3 aromatic heterocycles. The van der Waals surface area contributed by atoms with Gasteiger partial charge in [-0.25, -0.2) is 9.48 Å². The van der Waals surface area contributed by atoms with E-state index in [1.54, 1.807) is 6.07 Å². The van der Waals surface area contributed by atoms with E-state index < -0.39 is 11.6 Å². The molecule has 0 radical (unpaired) electrons. The first-order valence-electron chi connectivity index (χ1n) is 11.9. The summed E-state index contributed by atoms with van der Waals surface area (Å²) in [5.41, 5.74) is 0.442. The van der Waals surface area contributed by atoms with E-state index in [4.69, 9.17) is 11.6 Å². The van der Waals surface area contributed by atoms with Crippen molar-refractivity contribution >= 4 is 50.7 Å². The number of hydrogen-bond donors (Lipinski definition) is 2. The molecule has 2 amide bonds. The van der Waals surface area contributed by atoms with E-state index in [1.165, 1.54) is 20.9 Å². The molecule has 0 aromatic carbocycles. The molecule has 11 heteroatoms. The highest BCUT2D eigenvalue weighted by molar-refractivity contribution is 7.22. The summed E-state index contributed by atoms with van der Waals surface area (Å²) < 4.78 is 4.59. The number of fused-ring (bicyclic) bond motifs is 3. The Labute approximate surface area is 212 Å². The smallest absolute Gasteiger partial charge is 0.407 e. The number of nitrogens with zero attached hydrogens (tertiary/aromatic N) is 4. The Hall–Kier alpha value is -2.59. The van der Waals surface area contributed by atoms with Gasteiger partial charge in [0.2, 0.25) is 5.91 Å². The first kappa shape index (κ1) is 25.5. The van der Waals surface area contributed by atoms with Crippen LogP contribution in [0.1, 0.15) is 72.0 Å². The molecule has 3 heterocycles. The molecule has 0 aliphatic heterocycles. The molecule has 190 valence electrons. The highest BCUT2D eigenvalue weighted by Gasteiger charge is 2.36. The van der Waals surface area contributed by atoms with Crippen LogP contribution < -0.4 is 10.9 Å². The molecule has 1 fully saturated rings. The molecule has 1 aliphatic rings. The van der Waals surface area contributed by atoms with Crippen molar-refractivity contribution in [3.63, 3.8) is 0 Å². The van der Waals surface area contributed by atoms with Crippen molar-refractivity contribution in [1.82, 2.24) is 24.4 Å². The Bertz CT molecular complexity index is 1340. The predicted molar refractivity (Wildman–Crippen MR) is 138 cm³/mol. The van der Waals surface area contributed by atoms with Crippen LogP contribution in [0.15, 0.2) is 16.9 Å². The average Bonchev–Trinajstić information content (AvgIpc) is 3.25. The van der Waals surface area contributed by atoms with Crippen LogP contribution in [0, 0.1) is 0 Å². The van der Waals surface area contributed by atoms with Gasteiger partial charge in [-0.05, 0) is 58.6 Å². The summed E-state index contributed by atoms with van der Waals surface area (Å²) in [6.07, 6.45) is 1.95. The van der Waals surface area contributed by atoms with Crippen LogP contribution in [0.5, 0.6) is 0 Å². The van der Waals surface area contributed by atoms with Crippen LogP contribution in [0.25, 0.3) is 15.7 Å². The Balaban J connectivity index is 1.55. The molecule has 1 saturated carbocycles. The van der Waals surface area contributed by atoms with E-state index in [2.05, 4.69) is 10.4 Å². The molecule has 0 unspecified atom stereocenters.